The Morgan fingerprint density at radius 3 is 2.50 bits per heavy atom. The number of hydrogen-bond acceptors (Lipinski definition) is 3. The number of alkyl halides is 3. The molecule has 1 aliphatic rings. The van der Waals surface area contributed by atoms with Gasteiger partial charge in [-0.05, 0) is 31.8 Å². The topological polar surface area (TPSA) is 24.5 Å². The molecule has 2 atom stereocenters. The first kappa shape index (κ1) is 15.3. The Labute approximate surface area is 116 Å². The average molecular weight is 288 g/mol. The van der Waals surface area contributed by atoms with Crippen molar-refractivity contribution in [3.63, 3.8) is 0 Å². The van der Waals surface area contributed by atoms with Crippen LogP contribution in [0.15, 0.2) is 24.3 Å². The third-order valence-electron chi connectivity index (χ3n) is 3.59. The zero-order valence-electron chi connectivity index (χ0n) is 11.6. The minimum Gasteiger partial charge on any atom is -0.374 e. The summed E-state index contributed by atoms with van der Waals surface area (Å²) in [6, 6.07) is 5.32. The second-order valence-corrected chi connectivity index (χ2v) is 5.01. The van der Waals surface area contributed by atoms with Gasteiger partial charge in [0, 0.05) is 13.1 Å². The van der Waals surface area contributed by atoms with Crippen LogP contribution in [0.4, 0.5) is 13.2 Å². The number of nitrogens with one attached hydrogen (secondary N) is 1. The molecule has 2 rings (SSSR count). The molecule has 0 radical (unpaired) electrons. The molecule has 0 aliphatic carbocycles. The summed E-state index contributed by atoms with van der Waals surface area (Å²) in [6.45, 7) is 2.07. The Morgan fingerprint density at radius 2 is 1.95 bits per heavy atom. The highest BCUT2D eigenvalue weighted by atomic mass is 19.4. The quantitative estimate of drug-likeness (QED) is 0.923. The largest absolute Gasteiger partial charge is 0.416 e. The summed E-state index contributed by atoms with van der Waals surface area (Å²) in [5.74, 6) is 0. The van der Waals surface area contributed by atoms with Gasteiger partial charge in [0.05, 0.1) is 24.3 Å². The lowest BCUT2D eigenvalue weighted by Gasteiger charge is -2.39. The molecule has 1 N–H and O–H groups in total. The maximum Gasteiger partial charge on any atom is 0.416 e. The van der Waals surface area contributed by atoms with Gasteiger partial charge in [0.2, 0.25) is 0 Å². The zero-order chi connectivity index (χ0) is 14.8. The van der Waals surface area contributed by atoms with Gasteiger partial charge in [0.15, 0.2) is 0 Å². The van der Waals surface area contributed by atoms with E-state index in [1.165, 1.54) is 0 Å². The second-order valence-electron chi connectivity index (χ2n) is 5.01. The summed E-state index contributed by atoms with van der Waals surface area (Å²) >= 11 is 0. The molecule has 1 aromatic rings. The molecular weight excluding hydrogens is 269 g/mol. The minimum absolute atomic E-state index is 0.0292. The lowest BCUT2D eigenvalue weighted by Crippen LogP contribution is -2.46. The first-order chi connectivity index (χ1) is 9.43. The Bertz CT molecular complexity index is 431. The molecule has 0 saturated carbocycles. The van der Waals surface area contributed by atoms with Gasteiger partial charge < -0.3 is 10.1 Å². The number of nitrogens with zero attached hydrogens (tertiary/aromatic N) is 1. The van der Waals surface area contributed by atoms with E-state index in [0.717, 1.165) is 24.2 Å². The third kappa shape index (κ3) is 3.31. The second kappa shape index (κ2) is 6.11. The van der Waals surface area contributed by atoms with Gasteiger partial charge in [-0.3, -0.25) is 4.90 Å². The summed E-state index contributed by atoms with van der Waals surface area (Å²) in [4.78, 5) is 2.12. The van der Waals surface area contributed by atoms with Gasteiger partial charge in [-0.15, -0.1) is 0 Å². The molecule has 0 aromatic heterocycles. The smallest absolute Gasteiger partial charge is 0.374 e. The van der Waals surface area contributed by atoms with Crippen molar-refractivity contribution in [3.05, 3.63) is 35.4 Å². The Balaban J connectivity index is 2.23. The van der Waals surface area contributed by atoms with Crippen LogP contribution in [0.3, 0.4) is 0 Å². The van der Waals surface area contributed by atoms with E-state index in [2.05, 4.69) is 10.2 Å². The highest BCUT2D eigenvalue weighted by molar-refractivity contribution is 5.28. The lowest BCUT2D eigenvalue weighted by molar-refractivity contribution is -0.137. The summed E-state index contributed by atoms with van der Waals surface area (Å²) in [5.41, 5.74) is 0.228. The van der Waals surface area contributed by atoms with Crippen molar-refractivity contribution in [3.8, 4) is 0 Å². The molecular formula is C14H19F3N2O. The van der Waals surface area contributed by atoms with E-state index in [4.69, 9.17) is 4.74 Å². The van der Waals surface area contributed by atoms with Crippen LogP contribution in [-0.2, 0) is 10.9 Å². The standard InChI is InChI=1S/C14H19F3N2O/c1-18-9-12-13(19(2)7-8-20-12)10-3-5-11(6-4-10)14(15,16)17/h3-6,12-13,18H,7-9H2,1-2H3. The molecule has 0 bridgehead atoms. The average Bonchev–Trinajstić information content (AvgIpc) is 2.38. The first-order valence-electron chi connectivity index (χ1n) is 6.57. The van der Waals surface area contributed by atoms with Crippen LogP contribution in [0.1, 0.15) is 17.2 Å². The number of morpholine rings is 1. The van der Waals surface area contributed by atoms with Crippen LogP contribution in [-0.4, -0.2) is 44.8 Å². The number of rotatable bonds is 3. The van der Waals surface area contributed by atoms with E-state index in [-0.39, 0.29) is 12.1 Å². The summed E-state index contributed by atoms with van der Waals surface area (Å²) < 4.78 is 43.5. The lowest BCUT2D eigenvalue weighted by atomic mass is 9.97. The zero-order valence-corrected chi connectivity index (χ0v) is 11.6. The number of halogens is 3. The van der Waals surface area contributed by atoms with E-state index >= 15 is 0 Å². The van der Waals surface area contributed by atoms with Gasteiger partial charge >= 0.3 is 6.18 Å². The highest BCUT2D eigenvalue weighted by Gasteiger charge is 2.33. The predicted molar refractivity (Wildman–Crippen MR) is 70.5 cm³/mol. The minimum atomic E-state index is -4.29. The molecule has 3 nitrogen and oxygen atoms in total. The number of hydrogen-bond donors (Lipinski definition) is 1. The van der Waals surface area contributed by atoms with Gasteiger partial charge in [0.1, 0.15) is 0 Å². The van der Waals surface area contributed by atoms with Crippen LogP contribution >= 0.6 is 0 Å². The summed E-state index contributed by atoms with van der Waals surface area (Å²) in [5, 5.41) is 3.06. The number of likely N-dealkylation sites (N-methyl/N-ethyl adjacent to an activating group) is 2. The van der Waals surface area contributed by atoms with Crippen molar-refractivity contribution >= 4 is 0 Å². The van der Waals surface area contributed by atoms with Crippen molar-refractivity contribution in [2.75, 3.05) is 33.8 Å². The van der Waals surface area contributed by atoms with Crippen LogP contribution in [0.2, 0.25) is 0 Å². The van der Waals surface area contributed by atoms with E-state index < -0.39 is 11.7 Å². The SMILES string of the molecule is CNCC1OCCN(C)C1c1ccc(C(F)(F)F)cc1. The number of benzene rings is 1. The molecule has 1 saturated heterocycles. The fourth-order valence-corrected chi connectivity index (χ4v) is 2.57. The van der Waals surface area contributed by atoms with Crippen molar-refractivity contribution in [2.24, 2.45) is 0 Å². The molecule has 112 valence electrons. The van der Waals surface area contributed by atoms with E-state index in [0.29, 0.717) is 13.2 Å². The first-order valence-corrected chi connectivity index (χ1v) is 6.57. The normalized spacial score (nSPS) is 24.9. The van der Waals surface area contributed by atoms with Crippen molar-refractivity contribution in [1.29, 1.82) is 0 Å². The predicted octanol–water partition coefficient (Wildman–Crippen LogP) is 2.30. The molecule has 6 heteroatoms. The van der Waals surface area contributed by atoms with Gasteiger partial charge in [-0.1, -0.05) is 12.1 Å². The van der Waals surface area contributed by atoms with Crippen LogP contribution in [0.25, 0.3) is 0 Å². The molecule has 1 heterocycles. The molecule has 20 heavy (non-hydrogen) atoms. The highest BCUT2D eigenvalue weighted by Crippen LogP contribution is 2.32. The van der Waals surface area contributed by atoms with Gasteiger partial charge in [-0.2, -0.15) is 13.2 Å². The third-order valence-corrected chi connectivity index (χ3v) is 3.59. The van der Waals surface area contributed by atoms with Crippen LogP contribution < -0.4 is 5.32 Å². The molecule has 1 aliphatic heterocycles. The Morgan fingerprint density at radius 1 is 1.30 bits per heavy atom. The Hall–Kier alpha value is -1.11. The maximum atomic E-state index is 12.6. The van der Waals surface area contributed by atoms with E-state index in [1.807, 2.05) is 14.1 Å². The fraction of sp³-hybridized carbons (Fsp3) is 0.571. The molecule has 0 amide bonds. The van der Waals surface area contributed by atoms with E-state index in [1.54, 1.807) is 12.1 Å². The molecule has 0 spiro atoms. The van der Waals surface area contributed by atoms with Gasteiger partial charge in [-0.25, -0.2) is 0 Å². The van der Waals surface area contributed by atoms with Crippen molar-refractivity contribution in [2.45, 2.75) is 18.3 Å². The van der Waals surface area contributed by atoms with Crippen LogP contribution in [0, 0.1) is 0 Å². The van der Waals surface area contributed by atoms with Crippen molar-refractivity contribution in [1.82, 2.24) is 10.2 Å². The van der Waals surface area contributed by atoms with Crippen LogP contribution in [0.5, 0.6) is 0 Å². The fourth-order valence-electron chi connectivity index (χ4n) is 2.57. The summed E-state index contributed by atoms with van der Waals surface area (Å²) in [6.07, 6.45) is -4.35. The number of ether oxygens (including phenoxy) is 1. The molecule has 1 aromatic carbocycles. The maximum absolute atomic E-state index is 12.6. The summed E-state index contributed by atoms with van der Waals surface area (Å²) in [7, 11) is 3.80. The monoisotopic (exact) mass is 288 g/mol. The van der Waals surface area contributed by atoms with Crippen molar-refractivity contribution < 1.29 is 17.9 Å². The Kier molecular flexibility index (Phi) is 4.67. The van der Waals surface area contributed by atoms with Gasteiger partial charge in [0.25, 0.3) is 0 Å². The molecule has 1 fully saturated rings. The molecule has 2 unspecified atom stereocenters. The van der Waals surface area contributed by atoms with E-state index in [9.17, 15) is 13.2 Å².